The fraction of sp³-hybridized carbons (Fsp3) is 0. The molecule has 0 aliphatic rings. The standard InChI is InChI=1S/C56H30N2/c1-5-15-35-33(13-1)27-43-42-30-45-44(29-41(42)39-19-9-17-37(35)51(39)43)53(49-25-23-31-11-3-7-21-47(31)57-49)55-40-20-10-18-38-36-16-6-2-14-34(36)28-46(52(38)40)56(55)54(45)50-26-24-32-12-4-8-22-48(32)58-50/h1-30H. The molecule has 14 rings (SSSR count). The van der Waals surface area contributed by atoms with Crippen molar-refractivity contribution < 1.29 is 0 Å². The summed E-state index contributed by atoms with van der Waals surface area (Å²) in [6, 6.07) is 67.1. The van der Waals surface area contributed by atoms with E-state index in [1.54, 1.807) is 0 Å². The normalized spacial score (nSPS) is 12.5. The Kier molecular flexibility index (Phi) is 5.79. The average molecular weight is 731 g/mol. The Morgan fingerprint density at radius 3 is 1.22 bits per heavy atom. The lowest BCUT2D eigenvalue weighted by molar-refractivity contribution is 1.41. The van der Waals surface area contributed by atoms with Crippen LogP contribution in [0.3, 0.4) is 0 Å². The lowest BCUT2D eigenvalue weighted by Gasteiger charge is -2.17. The minimum absolute atomic E-state index is 0.978. The molecule has 0 amide bonds. The number of hydrogen-bond acceptors (Lipinski definition) is 2. The third kappa shape index (κ3) is 3.91. The molecule has 2 heterocycles. The molecular weight excluding hydrogens is 701 g/mol. The van der Waals surface area contributed by atoms with Gasteiger partial charge in [-0.05, 0) is 135 Å². The Morgan fingerprint density at radius 1 is 0.224 bits per heavy atom. The lowest BCUT2D eigenvalue weighted by Crippen LogP contribution is -1.93. The Morgan fingerprint density at radius 2 is 0.638 bits per heavy atom. The van der Waals surface area contributed by atoms with Crippen LogP contribution in [-0.4, -0.2) is 9.97 Å². The molecule has 0 atom stereocenters. The SMILES string of the molecule is c1ccc2nc(-c3c4cc5c(cc4c(-c4ccc6ccccc6n4)c4c6cc7ccccc7c7cccc(c34)c76)c3cc4ccccc4c4cccc5c43)ccc2c1. The van der Waals surface area contributed by atoms with Crippen molar-refractivity contribution in [3.63, 3.8) is 0 Å². The van der Waals surface area contributed by atoms with Gasteiger partial charge >= 0.3 is 0 Å². The summed E-state index contributed by atoms with van der Waals surface area (Å²) in [5.41, 5.74) is 6.28. The van der Waals surface area contributed by atoms with Crippen molar-refractivity contribution in [3.05, 3.63) is 182 Å². The van der Waals surface area contributed by atoms with Crippen molar-refractivity contribution in [1.29, 1.82) is 0 Å². The Bertz CT molecular complexity index is 4090. The smallest absolute Gasteiger partial charge is 0.0722 e. The third-order valence-corrected chi connectivity index (χ3v) is 13.0. The number of pyridine rings is 2. The van der Waals surface area contributed by atoms with E-state index in [0.29, 0.717) is 0 Å². The zero-order valence-corrected chi connectivity index (χ0v) is 31.2. The molecule has 0 fully saturated rings. The van der Waals surface area contributed by atoms with E-state index < -0.39 is 0 Å². The molecule has 0 bridgehead atoms. The van der Waals surface area contributed by atoms with E-state index in [1.807, 2.05) is 0 Å². The van der Waals surface area contributed by atoms with Crippen molar-refractivity contribution in [1.82, 2.24) is 9.97 Å². The highest BCUT2D eigenvalue weighted by atomic mass is 14.7. The second kappa shape index (κ2) is 11.0. The van der Waals surface area contributed by atoms with Crippen LogP contribution in [0.5, 0.6) is 0 Å². The largest absolute Gasteiger partial charge is 0.248 e. The van der Waals surface area contributed by atoms with Crippen molar-refractivity contribution in [3.8, 4) is 22.5 Å². The van der Waals surface area contributed by atoms with Gasteiger partial charge in [0.15, 0.2) is 0 Å². The maximum Gasteiger partial charge on any atom is 0.0722 e. The quantitative estimate of drug-likeness (QED) is 0.166. The van der Waals surface area contributed by atoms with Crippen LogP contribution < -0.4 is 0 Å². The van der Waals surface area contributed by atoms with Crippen LogP contribution >= 0.6 is 0 Å². The number of benzene rings is 10. The number of aromatic nitrogens is 2. The second-order valence-corrected chi connectivity index (χ2v) is 16.0. The van der Waals surface area contributed by atoms with Crippen LogP contribution in [0.2, 0.25) is 0 Å². The summed E-state index contributed by atoms with van der Waals surface area (Å²) in [5, 5.41) is 25.0. The van der Waals surface area contributed by atoms with Gasteiger partial charge in [-0.2, -0.15) is 0 Å². The predicted molar refractivity (Wildman–Crippen MR) is 248 cm³/mol. The molecule has 58 heavy (non-hydrogen) atoms. The highest BCUT2D eigenvalue weighted by molar-refractivity contribution is 6.44. The molecule has 12 aromatic carbocycles. The zero-order chi connectivity index (χ0) is 37.6. The van der Waals surface area contributed by atoms with Crippen LogP contribution in [0.15, 0.2) is 182 Å². The summed E-state index contributed by atoms with van der Waals surface area (Å²) in [7, 11) is 0. The van der Waals surface area contributed by atoms with Gasteiger partial charge in [0, 0.05) is 32.7 Å². The van der Waals surface area contributed by atoms with Crippen LogP contribution in [0.1, 0.15) is 0 Å². The molecule has 264 valence electrons. The third-order valence-electron chi connectivity index (χ3n) is 13.0. The molecule has 0 spiro atoms. The fourth-order valence-electron chi connectivity index (χ4n) is 10.6. The summed E-state index contributed by atoms with van der Waals surface area (Å²) in [5.74, 6) is 0. The Labute approximate surface area is 331 Å². The van der Waals surface area contributed by atoms with E-state index in [9.17, 15) is 0 Å². The minimum atomic E-state index is 0.978. The summed E-state index contributed by atoms with van der Waals surface area (Å²) in [6.45, 7) is 0. The van der Waals surface area contributed by atoms with Gasteiger partial charge in [0.25, 0.3) is 0 Å². The summed E-state index contributed by atoms with van der Waals surface area (Å²) >= 11 is 0. The molecule has 2 heteroatoms. The fourth-order valence-corrected chi connectivity index (χ4v) is 10.6. The van der Waals surface area contributed by atoms with E-state index in [-0.39, 0.29) is 0 Å². The minimum Gasteiger partial charge on any atom is -0.248 e. The zero-order valence-electron chi connectivity index (χ0n) is 31.2. The second-order valence-electron chi connectivity index (χ2n) is 16.0. The van der Waals surface area contributed by atoms with Gasteiger partial charge < -0.3 is 0 Å². The van der Waals surface area contributed by atoms with Crippen molar-refractivity contribution in [2.24, 2.45) is 0 Å². The van der Waals surface area contributed by atoms with Gasteiger partial charge in [0.2, 0.25) is 0 Å². The first-order chi connectivity index (χ1) is 28.8. The van der Waals surface area contributed by atoms with Gasteiger partial charge in [-0.25, -0.2) is 9.97 Å². The van der Waals surface area contributed by atoms with Gasteiger partial charge in [-0.15, -0.1) is 0 Å². The maximum atomic E-state index is 5.50. The van der Waals surface area contributed by atoms with E-state index >= 15 is 0 Å². The molecule has 0 radical (unpaired) electrons. The van der Waals surface area contributed by atoms with Gasteiger partial charge in [0.1, 0.15) is 0 Å². The Balaban J connectivity index is 1.29. The van der Waals surface area contributed by atoms with Crippen molar-refractivity contribution in [2.45, 2.75) is 0 Å². The molecule has 14 aromatic rings. The predicted octanol–water partition coefficient (Wildman–Crippen LogP) is 15.4. The number of fused-ring (bicyclic) bond motifs is 13. The monoisotopic (exact) mass is 730 g/mol. The molecule has 2 aromatic heterocycles. The molecule has 0 saturated carbocycles. The van der Waals surface area contributed by atoms with E-state index in [2.05, 4.69) is 182 Å². The molecule has 0 N–H and O–H groups in total. The topological polar surface area (TPSA) is 25.8 Å². The lowest BCUT2D eigenvalue weighted by atomic mass is 9.87. The first-order valence-corrected chi connectivity index (χ1v) is 20.1. The first-order valence-electron chi connectivity index (χ1n) is 20.1. The summed E-state index contributed by atoms with van der Waals surface area (Å²) in [6.07, 6.45) is 0. The maximum absolute atomic E-state index is 5.50. The van der Waals surface area contributed by atoms with Gasteiger partial charge in [-0.1, -0.05) is 133 Å². The highest BCUT2D eigenvalue weighted by Crippen LogP contribution is 2.54. The average Bonchev–Trinajstić information content (AvgIpc) is 3.77. The van der Waals surface area contributed by atoms with Gasteiger partial charge in [-0.3, -0.25) is 0 Å². The molecule has 0 saturated heterocycles. The molecule has 0 aliphatic heterocycles. The number of nitrogens with zero attached hydrogens (tertiary/aromatic N) is 2. The van der Waals surface area contributed by atoms with Crippen molar-refractivity contribution >= 4 is 119 Å². The Hall–Kier alpha value is -7.68. The van der Waals surface area contributed by atoms with Crippen molar-refractivity contribution in [2.75, 3.05) is 0 Å². The van der Waals surface area contributed by atoms with Gasteiger partial charge in [0.05, 0.1) is 22.4 Å². The molecule has 0 unspecified atom stereocenters. The van der Waals surface area contributed by atoms with Crippen LogP contribution in [0.25, 0.3) is 141 Å². The van der Waals surface area contributed by atoms with Crippen LogP contribution in [0.4, 0.5) is 0 Å². The number of para-hydroxylation sites is 2. The molecule has 0 aliphatic carbocycles. The van der Waals surface area contributed by atoms with E-state index in [0.717, 1.165) is 33.2 Å². The summed E-state index contributed by atoms with van der Waals surface area (Å²) < 4.78 is 0. The highest BCUT2D eigenvalue weighted by Gasteiger charge is 2.27. The van der Waals surface area contributed by atoms with Crippen LogP contribution in [0, 0.1) is 0 Å². The van der Waals surface area contributed by atoms with E-state index in [1.165, 1.54) is 108 Å². The number of rotatable bonds is 2. The van der Waals surface area contributed by atoms with Crippen LogP contribution in [-0.2, 0) is 0 Å². The van der Waals surface area contributed by atoms with E-state index in [4.69, 9.17) is 9.97 Å². The number of hydrogen-bond donors (Lipinski definition) is 0. The molecule has 2 nitrogen and oxygen atoms in total. The molecular formula is C56H30N2. The first kappa shape index (κ1) is 30.5. The summed E-state index contributed by atoms with van der Waals surface area (Å²) in [4.78, 5) is 11.0.